The number of ether oxygens (including phenoxy) is 1. The third-order valence-electron chi connectivity index (χ3n) is 3.91. The van der Waals surface area contributed by atoms with Crippen molar-refractivity contribution in [3.8, 4) is 5.75 Å². The Labute approximate surface area is 148 Å². The van der Waals surface area contributed by atoms with Gasteiger partial charge in [-0.1, -0.05) is 18.2 Å². The highest BCUT2D eigenvalue weighted by atomic mass is 16.5. The Balaban J connectivity index is 2.02. The quantitative estimate of drug-likeness (QED) is 0.775. The largest absolute Gasteiger partial charge is 0.494 e. The lowest BCUT2D eigenvalue weighted by molar-refractivity contribution is -0.118. The average molecular weight is 340 g/mol. The molecule has 132 valence electrons. The Hall–Kier alpha value is -2.82. The molecule has 2 aromatic carbocycles. The van der Waals surface area contributed by atoms with Crippen molar-refractivity contribution in [1.82, 2.24) is 0 Å². The summed E-state index contributed by atoms with van der Waals surface area (Å²) in [6.07, 6.45) is 0.248. The second-order valence-electron chi connectivity index (χ2n) is 5.64. The van der Waals surface area contributed by atoms with Crippen LogP contribution >= 0.6 is 0 Å². The third-order valence-corrected chi connectivity index (χ3v) is 3.91. The van der Waals surface area contributed by atoms with E-state index in [2.05, 4.69) is 0 Å². The van der Waals surface area contributed by atoms with Crippen LogP contribution in [0.5, 0.6) is 5.75 Å². The molecule has 25 heavy (non-hydrogen) atoms. The van der Waals surface area contributed by atoms with Gasteiger partial charge in [-0.25, -0.2) is 0 Å². The topological polar surface area (TPSA) is 49.9 Å². The minimum atomic E-state index is -0.0978. The summed E-state index contributed by atoms with van der Waals surface area (Å²) in [4.78, 5) is 27.6. The molecule has 5 nitrogen and oxygen atoms in total. The van der Waals surface area contributed by atoms with Gasteiger partial charge in [0.25, 0.3) is 0 Å². The molecule has 0 heterocycles. The molecular formula is C20H24N2O3. The zero-order chi connectivity index (χ0) is 18.2. The molecule has 5 heteroatoms. The summed E-state index contributed by atoms with van der Waals surface area (Å²) in [5.74, 6) is 0.623. The van der Waals surface area contributed by atoms with Crippen LogP contribution in [0.2, 0.25) is 0 Å². The summed E-state index contributed by atoms with van der Waals surface area (Å²) in [6.45, 7) is 4.35. The van der Waals surface area contributed by atoms with E-state index in [4.69, 9.17) is 4.74 Å². The molecule has 0 bridgehead atoms. The first-order valence-electron chi connectivity index (χ1n) is 8.35. The second-order valence-corrected chi connectivity index (χ2v) is 5.64. The van der Waals surface area contributed by atoms with E-state index in [0.29, 0.717) is 13.2 Å². The zero-order valence-corrected chi connectivity index (χ0v) is 14.9. The summed E-state index contributed by atoms with van der Waals surface area (Å²) in [5, 5.41) is 0. The SMILES string of the molecule is CCOc1ccc(N(CCC(=O)N(C)c2ccccc2)C(C)=O)cc1. The molecular weight excluding hydrogens is 316 g/mol. The number of carbonyl (C=O) groups excluding carboxylic acids is 2. The summed E-state index contributed by atoms with van der Waals surface area (Å²) in [5.41, 5.74) is 1.59. The molecule has 2 amide bonds. The van der Waals surface area contributed by atoms with Gasteiger partial charge in [0, 0.05) is 38.3 Å². The lowest BCUT2D eigenvalue weighted by atomic mass is 10.2. The fourth-order valence-electron chi connectivity index (χ4n) is 2.53. The van der Waals surface area contributed by atoms with Crippen LogP contribution in [-0.2, 0) is 9.59 Å². The number of amides is 2. The number of nitrogens with zero attached hydrogens (tertiary/aromatic N) is 2. The summed E-state index contributed by atoms with van der Waals surface area (Å²) < 4.78 is 5.42. The average Bonchev–Trinajstić information content (AvgIpc) is 2.63. The van der Waals surface area contributed by atoms with Crippen molar-refractivity contribution in [3.63, 3.8) is 0 Å². The molecule has 0 aliphatic rings. The molecule has 0 radical (unpaired) electrons. The number of para-hydroxylation sites is 1. The lowest BCUT2D eigenvalue weighted by Crippen LogP contribution is -2.34. The highest BCUT2D eigenvalue weighted by Crippen LogP contribution is 2.20. The van der Waals surface area contributed by atoms with E-state index in [1.165, 1.54) is 6.92 Å². The molecule has 0 fully saturated rings. The van der Waals surface area contributed by atoms with Crippen LogP contribution < -0.4 is 14.5 Å². The van der Waals surface area contributed by atoms with Crippen LogP contribution in [0.4, 0.5) is 11.4 Å². The second kappa shape index (κ2) is 8.87. The van der Waals surface area contributed by atoms with E-state index in [1.807, 2.05) is 61.5 Å². The first-order valence-corrected chi connectivity index (χ1v) is 8.35. The van der Waals surface area contributed by atoms with Crippen LogP contribution in [0.15, 0.2) is 54.6 Å². The summed E-state index contributed by atoms with van der Waals surface area (Å²) >= 11 is 0. The molecule has 0 unspecified atom stereocenters. The van der Waals surface area contributed by atoms with Crippen molar-refractivity contribution in [3.05, 3.63) is 54.6 Å². The zero-order valence-electron chi connectivity index (χ0n) is 14.9. The summed E-state index contributed by atoms with van der Waals surface area (Å²) in [7, 11) is 1.74. The van der Waals surface area contributed by atoms with Crippen molar-refractivity contribution < 1.29 is 14.3 Å². The molecule has 0 aliphatic heterocycles. The maximum absolute atomic E-state index is 12.4. The molecule has 0 aromatic heterocycles. The van der Waals surface area contributed by atoms with Crippen LogP contribution in [0.1, 0.15) is 20.3 Å². The van der Waals surface area contributed by atoms with Gasteiger partial charge in [0.1, 0.15) is 5.75 Å². The molecule has 0 saturated heterocycles. The van der Waals surface area contributed by atoms with E-state index >= 15 is 0 Å². The van der Waals surface area contributed by atoms with Gasteiger partial charge >= 0.3 is 0 Å². The fraction of sp³-hybridized carbons (Fsp3) is 0.300. The minimum absolute atomic E-state index is 0.0385. The van der Waals surface area contributed by atoms with Crippen LogP contribution in [-0.4, -0.2) is 32.0 Å². The Kier molecular flexibility index (Phi) is 6.57. The normalized spacial score (nSPS) is 10.2. The van der Waals surface area contributed by atoms with E-state index < -0.39 is 0 Å². The van der Waals surface area contributed by atoms with Crippen molar-refractivity contribution in [2.24, 2.45) is 0 Å². The van der Waals surface area contributed by atoms with E-state index in [-0.39, 0.29) is 18.2 Å². The van der Waals surface area contributed by atoms with E-state index in [9.17, 15) is 9.59 Å². The van der Waals surface area contributed by atoms with Crippen molar-refractivity contribution in [2.45, 2.75) is 20.3 Å². The van der Waals surface area contributed by atoms with Crippen LogP contribution in [0, 0.1) is 0 Å². The number of hydrogen-bond donors (Lipinski definition) is 0. The Morgan fingerprint density at radius 3 is 2.16 bits per heavy atom. The van der Waals surface area contributed by atoms with Crippen LogP contribution in [0.25, 0.3) is 0 Å². The molecule has 0 atom stereocenters. The van der Waals surface area contributed by atoms with Gasteiger partial charge in [0.05, 0.1) is 6.61 Å². The van der Waals surface area contributed by atoms with Gasteiger partial charge in [-0.2, -0.15) is 0 Å². The number of hydrogen-bond acceptors (Lipinski definition) is 3. The number of rotatable bonds is 7. The van der Waals surface area contributed by atoms with E-state index in [0.717, 1.165) is 17.1 Å². The molecule has 0 aliphatic carbocycles. The van der Waals surface area contributed by atoms with Gasteiger partial charge in [-0.3, -0.25) is 9.59 Å². The number of anilines is 2. The smallest absolute Gasteiger partial charge is 0.228 e. The van der Waals surface area contributed by atoms with E-state index in [1.54, 1.807) is 16.8 Å². The van der Waals surface area contributed by atoms with Gasteiger partial charge in [0.2, 0.25) is 11.8 Å². The minimum Gasteiger partial charge on any atom is -0.494 e. The Bertz CT molecular complexity index is 699. The standard InChI is InChI=1S/C20H24N2O3/c1-4-25-19-12-10-18(11-13-19)22(16(2)23)15-14-20(24)21(3)17-8-6-5-7-9-17/h5-13H,4,14-15H2,1-3H3. The first kappa shape index (κ1) is 18.5. The molecule has 2 aromatic rings. The van der Waals surface area contributed by atoms with Crippen molar-refractivity contribution >= 4 is 23.2 Å². The highest BCUT2D eigenvalue weighted by molar-refractivity contribution is 5.95. The Morgan fingerprint density at radius 1 is 0.960 bits per heavy atom. The lowest BCUT2D eigenvalue weighted by Gasteiger charge is -2.23. The predicted octanol–water partition coefficient (Wildman–Crippen LogP) is 3.49. The molecule has 0 N–H and O–H groups in total. The summed E-state index contributed by atoms with van der Waals surface area (Å²) in [6, 6.07) is 16.8. The molecule has 0 saturated carbocycles. The van der Waals surface area contributed by atoms with Crippen LogP contribution in [0.3, 0.4) is 0 Å². The van der Waals surface area contributed by atoms with Gasteiger partial charge < -0.3 is 14.5 Å². The highest BCUT2D eigenvalue weighted by Gasteiger charge is 2.16. The Morgan fingerprint density at radius 2 is 1.60 bits per heavy atom. The fourth-order valence-corrected chi connectivity index (χ4v) is 2.53. The third kappa shape index (κ3) is 5.08. The van der Waals surface area contributed by atoms with Gasteiger partial charge in [-0.05, 0) is 43.3 Å². The molecule has 2 rings (SSSR count). The monoisotopic (exact) mass is 340 g/mol. The van der Waals surface area contributed by atoms with Crippen molar-refractivity contribution in [2.75, 3.05) is 30.0 Å². The maximum atomic E-state index is 12.4. The predicted molar refractivity (Wildman–Crippen MR) is 100 cm³/mol. The van der Waals surface area contributed by atoms with Gasteiger partial charge in [0.15, 0.2) is 0 Å². The molecule has 0 spiro atoms. The first-order chi connectivity index (χ1) is 12.0. The number of benzene rings is 2. The number of carbonyl (C=O) groups is 2. The van der Waals surface area contributed by atoms with Crippen molar-refractivity contribution in [1.29, 1.82) is 0 Å². The van der Waals surface area contributed by atoms with Gasteiger partial charge in [-0.15, -0.1) is 0 Å². The maximum Gasteiger partial charge on any atom is 0.228 e.